The molecule has 1 aliphatic rings. The van der Waals surface area contributed by atoms with Crippen molar-refractivity contribution in [1.82, 2.24) is 0 Å². The van der Waals surface area contributed by atoms with Crippen LogP contribution in [0.15, 0.2) is 0 Å². The third kappa shape index (κ3) is 6.31. The lowest BCUT2D eigenvalue weighted by Gasteiger charge is -2.44. The second-order valence-corrected chi connectivity index (χ2v) is 12.6. The van der Waals surface area contributed by atoms with Crippen LogP contribution in [0.3, 0.4) is 0 Å². The molecule has 0 aliphatic heterocycles. The van der Waals surface area contributed by atoms with Crippen molar-refractivity contribution in [2.45, 2.75) is 83.7 Å². The maximum atomic E-state index is 10.3. The predicted molar refractivity (Wildman–Crippen MR) is 80.7 cm³/mol. The third-order valence-electron chi connectivity index (χ3n) is 4.39. The standard InChI is InChI=1S/C14H30O2Si.CO2/c1-11-8-12(10-14(5,15)9-11)16-17(6,7)13(2,3)4;2-1-3/h11-12,15H,8-10H2,1-7H3;/t11-,12-,14+;/m0./s1. The van der Waals surface area contributed by atoms with E-state index < -0.39 is 13.9 Å². The minimum Gasteiger partial charge on any atom is -0.414 e. The van der Waals surface area contributed by atoms with Crippen LogP contribution in [-0.4, -0.2) is 31.3 Å². The molecule has 1 saturated carbocycles. The van der Waals surface area contributed by atoms with Crippen LogP contribution in [0.25, 0.3) is 0 Å². The molecule has 0 spiro atoms. The Labute approximate surface area is 124 Å². The molecule has 0 unspecified atom stereocenters. The highest BCUT2D eigenvalue weighted by Crippen LogP contribution is 2.41. The molecule has 0 bridgehead atoms. The minimum atomic E-state index is -1.70. The fourth-order valence-corrected chi connectivity index (χ4v) is 3.99. The molecule has 0 aromatic carbocycles. The molecule has 0 heterocycles. The number of hydrogen-bond acceptors (Lipinski definition) is 4. The highest BCUT2D eigenvalue weighted by atomic mass is 28.4. The normalized spacial score (nSPS) is 31.0. The van der Waals surface area contributed by atoms with Gasteiger partial charge in [-0.15, -0.1) is 0 Å². The van der Waals surface area contributed by atoms with E-state index in [2.05, 4.69) is 40.8 Å². The molecule has 20 heavy (non-hydrogen) atoms. The van der Waals surface area contributed by atoms with Crippen LogP contribution in [0.1, 0.15) is 53.9 Å². The molecule has 1 aliphatic carbocycles. The largest absolute Gasteiger partial charge is 0.414 e. The molecule has 1 fully saturated rings. The summed E-state index contributed by atoms with van der Waals surface area (Å²) in [6.45, 7) is 15.6. The van der Waals surface area contributed by atoms with Crippen LogP contribution in [0.4, 0.5) is 0 Å². The highest BCUT2D eigenvalue weighted by molar-refractivity contribution is 6.74. The summed E-state index contributed by atoms with van der Waals surface area (Å²) >= 11 is 0. The summed E-state index contributed by atoms with van der Waals surface area (Å²) in [4.78, 5) is 16.2. The van der Waals surface area contributed by atoms with Gasteiger partial charge >= 0.3 is 6.15 Å². The van der Waals surface area contributed by atoms with Gasteiger partial charge in [-0.3, -0.25) is 0 Å². The van der Waals surface area contributed by atoms with Crippen molar-refractivity contribution < 1.29 is 19.1 Å². The molecule has 0 aromatic heterocycles. The molecular weight excluding hydrogens is 272 g/mol. The Morgan fingerprint density at radius 1 is 1.25 bits per heavy atom. The van der Waals surface area contributed by atoms with E-state index in [1.54, 1.807) is 0 Å². The van der Waals surface area contributed by atoms with Crippen molar-refractivity contribution in [1.29, 1.82) is 0 Å². The van der Waals surface area contributed by atoms with Gasteiger partial charge in [-0.05, 0) is 43.8 Å². The molecule has 0 radical (unpaired) electrons. The molecule has 3 atom stereocenters. The zero-order chi connectivity index (χ0) is 16.2. The van der Waals surface area contributed by atoms with E-state index in [9.17, 15) is 5.11 Å². The fraction of sp³-hybridized carbons (Fsp3) is 0.933. The van der Waals surface area contributed by atoms with Gasteiger partial charge in [0.25, 0.3) is 0 Å². The van der Waals surface area contributed by atoms with Crippen molar-refractivity contribution in [3.05, 3.63) is 0 Å². The van der Waals surface area contributed by atoms with Crippen LogP contribution < -0.4 is 0 Å². The van der Waals surface area contributed by atoms with Gasteiger partial charge in [0, 0.05) is 12.5 Å². The monoisotopic (exact) mass is 302 g/mol. The lowest BCUT2D eigenvalue weighted by molar-refractivity contribution is -0.191. The van der Waals surface area contributed by atoms with Crippen LogP contribution in [-0.2, 0) is 14.0 Å². The Hall–Kier alpha value is -0.483. The zero-order valence-electron chi connectivity index (χ0n) is 13.9. The Bertz CT molecular complexity index is 338. The van der Waals surface area contributed by atoms with Crippen LogP contribution in [0.5, 0.6) is 0 Å². The molecule has 4 nitrogen and oxygen atoms in total. The predicted octanol–water partition coefficient (Wildman–Crippen LogP) is 3.36. The van der Waals surface area contributed by atoms with Crippen molar-refractivity contribution in [3.8, 4) is 0 Å². The third-order valence-corrected chi connectivity index (χ3v) is 8.92. The van der Waals surface area contributed by atoms with E-state index in [1.807, 2.05) is 6.92 Å². The van der Waals surface area contributed by atoms with E-state index in [-0.39, 0.29) is 17.3 Å². The van der Waals surface area contributed by atoms with Gasteiger partial charge in [-0.2, -0.15) is 9.59 Å². The number of carbonyl (C=O) groups excluding carboxylic acids is 2. The first-order chi connectivity index (χ1) is 8.84. The van der Waals surface area contributed by atoms with Crippen LogP contribution in [0.2, 0.25) is 18.1 Å². The van der Waals surface area contributed by atoms with E-state index >= 15 is 0 Å². The topological polar surface area (TPSA) is 63.6 Å². The number of hydrogen-bond donors (Lipinski definition) is 1. The lowest BCUT2D eigenvalue weighted by atomic mass is 9.79. The first-order valence-electron chi connectivity index (χ1n) is 7.24. The fourth-order valence-electron chi connectivity index (χ4n) is 2.62. The smallest absolute Gasteiger partial charge is 0.373 e. The molecule has 5 heteroatoms. The van der Waals surface area contributed by atoms with Gasteiger partial charge in [-0.1, -0.05) is 27.7 Å². The number of aliphatic hydroxyl groups is 1. The summed E-state index contributed by atoms with van der Waals surface area (Å²) in [5, 5.41) is 10.5. The van der Waals surface area contributed by atoms with Gasteiger partial charge in [0.15, 0.2) is 8.32 Å². The molecular formula is C15H30O4Si. The van der Waals surface area contributed by atoms with E-state index in [4.69, 9.17) is 14.0 Å². The summed E-state index contributed by atoms with van der Waals surface area (Å²) in [5.41, 5.74) is -0.537. The van der Waals surface area contributed by atoms with Crippen molar-refractivity contribution in [2.24, 2.45) is 5.92 Å². The highest BCUT2D eigenvalue weighted by Gasteiger charge is 2.42. The lowest BCUT2D eigenvalue weighted by Crippen LogP contribution is -2.48. The van der Waals surface area contributed by atoms with Gasteiger partial charge in [0.2, 0.25) is 0 Å². The molecule has 0 amide bonds. The summed E-state index contributed by atoms with van der Waals surface area (Å²) in [5.74, 6) is 0.563. The Morgan fingerprint density at radius 3 is 2.05 bits per heavy atom. The van der Waals surface area contributed by atoms with E-state index in [0.717, 1.165) is 19.3 Å². The van der Waals surface area contributed by atoms with Gasteiger partial charge in [0.1, 0.15) is 0 Å². The summed E-state index contributed by atoms with van der Waals surface area (Å²) in [6.07, 6.45) is 3.30. The van der Waals surface area contributed by atoms with Gasteiger partial charge < -0.3 is 9.53 Å². The molecule has 118 valence electrons. The summed E-state index contributed by atoms with van der Waals surface area (Å²) < 4.78 is 6.43. The first-order valence-corrected chi connectivity index (χ1v) is 10.1. The minimum absolute atomic E-state index is 0.245. The SMILES string of the molecule is C[C@H]1C[C@H](O[Si](C)(C)C(C)(C)C)C[C@](C)(O)C1.O=C=O. The average Bonchev–Trinajstić information content (AvgIpc) is 2.11. The first kappa shape index (κ1) is 19.5. The molecule has 1 rings (SSSR count). The summed E-state index contributed by atoms with van der Waals surface area (Å²) in [6, 6.07) is 0. The Balaban J connectivity index is 0.00000110. The second-order valence-electron chi connectivity index (χ2n) is 7.83. The van der Waals surface area contributed by atoms with Crippen molar-refractivity contribution in [2.75, 3.05) is 0 Å². The zero-order valence-corrected chi connectivity index (χ0v) is 14.9. The Morgan fingerprint density at radius 2 is 1.70 bits per heavy atom. The Kier molecular flexibility index (Phi) is 6.82. The van der Waals surface area contributed by atoms with E-state index in [1.165, 1.54) is 0 Å². The van der Waals surface area contributed by atoms with Crippen LogP contribution in [0, 0.1) is 5.92 Å². The average molecular weight is 302 g/mol. The summed E-state index contributed by atoms with van der Waals surface area (Å²) in [7, 11) is -1.70. The second kappa shape index (κ2) is 6.99. The molecule has 1 N–H and O–H groups in total. The van der Waals surface area contributed by atoms with Crippen molar-refractivity contribution in [3.63, 3.8) is 0 Å². The van der Waals surface area contributed by atoms with Gasteiger partial charge in [-0.25, -0.2) is 0 Å². The van der Waals surface area contributed by atoms with E-state index in [0.29, 0.717) is 5.92 Å². The van der Waals surface area contributed by atoms with Crippen molar-refractivity contribution >= 4 is 14.5 Å². The maximum absolute atomic E-state index is 10.3. The maximum Gasteiger partial charge on any atom is 0.373 e. The number of rotatable bonds is 2. The molecule has 0 saturated heterocycles. The molecule has 0 aromatic rings. The quantitative estimate of drug-likeness (QED) is 0.794. The van der Waals surface area contributed by atoms with Gasteiger partial charge in [0.05, 0.1) is 5.60 Å². The van der Waals surface area contributed by atoms with Crippen LogP contribution >= 0.6 is 0 Å².